The number of hydrogen-bond acceptors (Lipinski definition) is 3. The third-order valence-electron chi connectivity index (χ3n) is 3.13. The van der Waals surface area contributed by atoms with Crippen LogP contribution in [-0.4, -0.2) is 12.2 Å². The molecule has 3 rings (SSSR count). The zero-order valence-electron chi connectivity index (χ0n) is 10.9. The highest BCUT2D eigenvalue weighted by atomic mass is 35.5. The molecule has 0 atom stereocenters. The van der Waals surface area contributed by atoms with Gasteiger partial charge in [-0.15, -0.1) is 23.7 Å². The quantitative estimate of drug-likeness (QED) is 0.745. The molecule has 1 aromatic heterocycles. The molecule has 21 heavy (non-hydrogen) atoms. The average molecular weight is 318 g/mol. The summed E-state index contributed by atoms with van der Waals surface area (Å²) in [4.78, 5) is 23.1. The van der Waals surface area contributed by atoms with Crippen LogP contribution < -0.4 is 5.73 Å². The molecule has 0 saturated carbocycles. The fraction of sp³-hybridized carbons (Fsp3) is 0. The van der Waals surface area contributed by atoms with Crippen LogP contribution in [0, 0.1) is 0 Å². The zero-order chi connectivity index (χ0) is 14.1. The highest BCUT2D eigenvalue weighted by Crippen LogP contribution is 2.38. The molecular weight excluding hydrogens is 306 g/mol. The van der Waals surface area contributed by atoms with Crippen molar-refractivity contribution in [2.24, 2.45) is 5.73 Å². The van der Waals surface area contributed by atoms with Crippen molar-refractivity contribution in [3.63, 3.8) is 0 Å². The number of primary amides is 1. The van der Waals surface area contributed by atoms with Crippen molar-refractivity contribution in [3.8, 4) is 11.1 Å². The second-order valence-electron chi connectivity index (χ2n) is 4.41. The van der Waals surface area contributed by atoms with Crippen LogP contribution in [0.2, 0.25) is 0 Å². The lowest BCUT2D eigenvalue weighted by atomic mass is 10.00. The number of benzene rings is 2. The molecule has 0 spiro atoms. The molecule has 0 aliphatic heterocycles. The Bertz CT molecular complexity index is 826. The number of thiophene rings is 1. The topological polar surface area (TPSA) is 60.2 Å². The molecule has 0 fully saturated rings. The minimum absolute atomic E-state index is 0. The average Bonchev–Trinajstić information content (AvgIpc) is 2.87. The SMILES string of the molecule is Cl.NC(=O)c1sc2ccccc2c1-c1cccc(C=O)c1. The molecule has 5 heteroatoms. The molecule has 0 saturated heterocycles. The van der Waals surface area contributed by atoms with E-state index in [9.17, 15) is 9.59 Å². The number of carbonyl (C=O) groups is 2. The summed E-state index contributed by atoms with van der Waals surface area (Å²) in [5.41, 5.74) is 7.71. The Morgan fingerprint density at radius 3 is 2.57 bits per heavy atom. The Morgan fingerprint density at radius 1 is 1.10 bits per heavy atom. The van der Waals surface area contributed by atoms with Gasteiger partial charge in [0.05, 0.1) is 0 Å². The van der Waals surface area contributed by atoms with Crippen LogP contribution in [0.4, 0.5) is 0 Å². The summed E-state index contributed by atoms with van der Waals surface area (Å²) in [5, 5.41) is 0.981. The lowest BCUT2D eigenvalue weighted by molar-refractivity contribution is 0.100. The van der Waals surface area contributed by atoms with E-state index in [2.05, 4.69) is 0 Å². The van der Waals surface area contributed by atoms with Crippen molar-refractivity contribution in [1.29, 1.82) is 0 Å². The Kier molecular flexibility index (Phi) is 4.40. The fourth-order valence-corrected chi connectivity index (χ4v) is 3.35. The van der Waals surface area contributed by atoms with E-state index >= 15 is 0 Å². The first-order valence-corrected chi connectivity index (χ1v) is 6.89. The summed E-state index contributed by atoms with van der Waals surface area (Å²) in [7, 11) is 0. The van der Waals surface area contributed by atoms with Crippen LogP contribution in [0.15, 0.2) is 48.5 Å². The maximum Gasteiger partial charge on any atom is 0.259 e. The predicted octanol–water partition coefficient (Wildman–Crippen LogP) is 3.90. The van der Waals surface area contributed by atoms with E-state index < -0.39 is 5.91 Å². The van der Waals surface area contributed by atoms with Crippen molar-refractivity contribution in [2.75, 3.05) is 0 Å². The second kappa shape index (κ2) is 6.08. The largest absolute Gasteiger partial charge is 0.365 e. The fourth-order valence-electron chi connectivity index (χ4n) is 2.27. The van der Waals surface area contributed by atoms with Gasteiger partial charge in [0.1, 0.15) is 11.2 Å². The summed E-state index contributed by atoms with van der Waals surface area (Å²) in [6, 6.07) is 15.0. The van der Waals surface area contributed by atoms with E-state index in [1.165, 1.54) is 11.3 Å². The van der Waals surface area contributed by atoms with Crippen LogP contribution in [0.5, 0.6) is 0 Å². The highest BCUT2D eigenvalue weighted by Gasteiger charge is 2.17. The number of aldehydes is 1. The van der Waals surface area contributed by atoms with Gasteiger partial charge in [-0.25, -0.2) is 0 Å². The Hall–Kier alpha value is -2.17. The molecule has 2 aromatic carbocycles. The third kappa shape index (κ3) is 2.68. The highest BCUT2D eigenvalue weighted by molar-refractivity contribution is 7.21. The Morgan fingerprint density at radius 2 is 1.86 bits per heavy atom. The molecule has 3 nitrogen and oxygen atoms in total. The van der Waals surface area contributed by atoms with Gasteiger partial charge in [-0.05, 0) is 17.7 Å². The third-order valence-corrected chi connectivity index (χ3v) is 4.32. The Labute approximate surface area is 131 Å². The molecule has 0 aliphatic rings. The summed E-state index contributed by atoms with van der Waals surface area (Å²) < 4.78 is 1.01. The van der Waals surface area contributed by atoms with E-state index in [1.54, 1.807) is 18.2 Å². The standard InChI is InChI=1S/C16H11NO2S.ClH/c17-16(19)15-14(11-5-3-4-10(8-11)9-18)12-6-1-2-7-13(12)20-15;/h1-9H,(H2,17,19);1H. The normalized spacial score (nSPS) is 10.1. The van der Waals surface area contributed by atoms with Crippen LogP contribution in [-0.2, 0) is 0 Å². The van der Waals surface area contributed by atoms with Crippen LogP contribution in [0.1, 0.15) is 20.0 Å². The summed E-state index contributed by atoms with van der Waals surface area (Å²) >= 11 is 1.38. The minimum atomic E-state index is -0.447. The number of halogens is 1. The van der Waals surface area contributed by atoms with Crippen molar-refractivity contribution >= 4 is 46.0 Å². The molecule has 1 amide bonds. The van der Waals surface area contributed by atoms with Crippen molar-refractivity contribution < 1.29 is 9.59 Å². The molecule has 0 aliphatic carbocycles. The maximum absolute atomic E-state index is 11.7. The van der Waals surface area contributed by atoms with Gasteiger partial charge in [0, 0.05) is 21.2 Å². The number of amides is 1. The maximum atomic E-state index is 11.7. The molecule has 1 heterocycles. The van der Waals surface area contributed by atoms with Crippen molar-refractivity contribution in [2.45, 2.75) is 0 Å². The van der Waals surface area contributed by atoms with Gasteiger partial charge in [0.2, 0.25) is 0 Å². The minimum Gasteiger partial charge on any atom is -0.365 e. The van der Waals surface area contributed by atoms with E-state index in [4.69, 9.17) is 5.73 Å². The zero-order valence-corrected chi connectivity index (χ0v) is 12.5. The number of rotatable bonds is 3. The molecule has 0 radical (unpaired) electrons. The number of hydrogen-bond donors (Lipinski definition) is 1. The second-order valence-corrected chi connectivity index (χ2v) is 5.46. The first kappa shape index (κ1) is 15.2. The smallest absolute Gasteiger partial charge is 0.259 e. The van der Waals surface area contributed by atoms with Gasteiger partial charge in [-0.1, -0.05) is 36.4 Å². The summed E-state index contributed by atoms with van der Waals surface area (Å²) in [6.45, 7) is 0. The Balaban J connectivity index is 0.00000161. The van der Waals surface area contributed by atoms with Gasteiger partial charge in [0.15, 0.2) is 0 Å². The molecule has 0 unspecified atom stereocenters. The first-order chi connectivity index (χ1) is 9.70. The first-order valence-electron chi connectivity index (χ1n) is 6.07. The molecule has 0 bridgehead atoms. The van der Waals surface area contributed by atoms with E-state index in [-0.39, 0.29) is 12.4 Å². The van der Waals surface area contributed by atoms with Gasteiger partial charge in [-0.2, -0.15) is 0 Å². The van der Waals surface area contributed by atoms with Crippen LogP contribution >= 0.6 is 23.7 Å². The molecule has 2 N–H and O–H groups in total. The van der Waals surface area contributed by atoms with E-state index in [0.717, 1.165) is 27.5 Å². The van der Waals surface area contributed by atoms with Gasteiger partial charge in [0.25, 0.3) is 5.91 Å². The van der Waals surface area contributed by atoms with Gasteiger partial charge >= 0.3 is 0 Å². The van der Waals surface area contributed by atoms with E-state index in [1.807, 2.05) is 30.3 Å². The summed E-state index contributed by atoms with van der Waals surface area (Å²) in [6.07, 6.45) is 0.794. The van der Waals surface area contributed by atoms with E-state index in [0.29, 0.717) is 10.4 Å². The van der Waals surface area contributed by atoms with Crippen molar-refractivity contribution in [1.82, 2.24) is 0 Å². The molecule has 3 aromatic rings. The number of nitrogens with two attached hydrogens (primary N) is 1. The van der Waals surface area contributed by atoms with Crippen LogP contribution in [0.3, 0.4) is 0 Å². The number of fused-ring (bicyclic) bond motifs is 1. The van der Waals surface area contributed by atoms with Crippen LogP contribution in [0.25, 0.3) is 21.2 Å². The summed E-state index contributed by atoms with van der Waals surface area (Å²) in [5.74, 6) is -0.447. The molecule has 106 valence electrons. The van der Waals surface area contributed by atoms with Crippen molar-refractivity contribution in [3.05, 3.63) is 59.0 Å². The van der Waals surface area contributed by atoms with Gasteiger partial charge in [-0.3, -0.25) is 9.59 Å². The molecular formula is C16H12ClNO2S. The van der Waals surface area contributed by atoms with Gasteiger partial charge < -0.3 is 5.73 Å². The monoisotopic (exact) mass is 317 g/mol. The predicted molar refractivity (Wildman–Crippen MR) is 88.4 cm³/mol. The lowest BCUT2D eigenvalue weighted by Crippen LogP contribution is -2.09. The number of carbonyl (C=O) groups excluding carboxylic acids is 2. The lowest BCUT2D eigenvalue weighted by Gasteiger charge is -2.03.